The molecule has 2 aromatic rings. The van der Waals surface area contributed by atoms with Crippen molar-refractivity contribution in [1.82, 2.24) is 10.2 Å². The molecule has 0 unspecified atom stereocenters. The lowest BCUT2D eigenvalue weighted by Gasteiger charge is -2.30. The predicted octanol–water partition coefficient (Wildman–Crippen LogP) is 3.50. The number of carbonyl (C=O) groups excluding carboxylic acids is 2. The highest BCUT2D eigenvalue weighted by Crippen LogP contribution is 2.18. The van der Waals surface area contributed by atoms with Gasteiger partial charge in [0, 0.05) is 30.8 Å². The molecule has 27 heavy (non-hydrogen) atoms. The zero-order valence-corrected chi connectivity index (χ0v) is 15.9. The van der Waals surface area contributed by atoms with Crippen LogP contribution in [0.2, 0.25) is 0 Å². The Kier molecular flexibility index (Phi) is 6.12. The normalized spacial score (nSPS) is 14.7. The zero-order chi connectivity index (χ0) is 19.2. The van der Waals surface area contributed by atoms with Crippen LogP contribution in [-0.2, 0) is 6.54 Å². The first-order valence-corrected chi connectivity index (χ1v) is 9.37. The number of ether oxygens (including phenoxy) is 1. The summed E-state index contributed by atoms with van der Waals surface area (Å²) in [5, 5.41) is 2.89. The van der Waals surface area contributed by atoms with Crippen molar-refractivity contribution in [3.63, 3.8) is 0 Å². The summed E-state index contributed by atoms with van der Waals surface area (Å²) in [6, 6.07) is 14.5. The van der Waals surface area contributed by atoms with Gasteiger partial charge in [0.15, 0.2) is 0 Å². The smallest absolute Gasteiger partial charge is 0.253 e. The van der Waals surface area contributed by atoms with E-state index in [4.69, 9.17) is 4.74 Å². The summed E-state index contributed by atoms with van der Waals surface area (Å²) in [6.45, 7) is 4.28. The molecular weight excluding hydrogens is 340 g/mol. The maximum atomic E-state index is 12.6. The van der Waals surface area contributed by atoms with E-state index in [0.29, 0.717) is 23.6 Å². The minimum Gasteiger partial charge on any atom is -0.497 e. The van der Waals surface area contributed by atoms with Crippen LogP contribution in [0.4, 0.5) is 0 Å². The summed E-state index contributed by atoms with van der Waals surface area (Å²) in [5.74, 6) is 1.36. The van der Waals surface area contributed by atoms with Crippen LogP contribution < -0.4 is 10.1 Å². The molecule has 0 bridgehead atoms. The van der Waals surface area contributed by atoms with Crippen molar-refractivity contribution in [2.45, 2.75) is 26.3 Å². The van der Waals surface area contributed by atoms with Crippen LogP contribution in [0.1, 0.15) is 46.0 Å². The van der Waals surface area contributed by atoms with Gasteiger partial charge in [0.05, 0.1) is 7.11 Å². The summed E-state index contributed by atoms with van der Waals surface area (Å²) < 4.78 is 5.13. The molecule has 0 spiro atoms. The van der Waals surface area contributed by atoms with E-state index in [-0.39, 0.29) is 11.8 Å². The number of nitrogens with one attached hydrogen (secondary N) is 1. The Balaban J connectivity index is 1.55. The van der Waals surface area contributed by atoms with E-state index >= 15 is 0 Å². The van der Waals surface area contributed by atoms with Crippen LogP contribution in [0.25, 0.3) is 0 Å². The van der Waals surface area contributed by atoms with E-state index in [1.807, 2.05) is 29.2 Å². The number of hydrogen-bond donors (Lipinski definition) is 1. The first-order valence-electron chi connectivity index (χ1n) is 9.37. The Labute approximate surface area is 160 Å². The minimum absolute atomic E-state index is 0.0482. The first kappa shape index (κ1) is 19.0. The number of piperidine rings is 1. The van der Waals surface area contributed by atoms with Gasteiger partial charge in [-0.2, -0.15) is 0 Å². The maximum Gasteiger partial charge on any atom is 0.253 e. The molecule has 1 N–H and O–H groups in total. The second-order valence-electron chi connectivity index (χ2n) is 7.08. The highest BCUT2D eigenvalue weighted by atomic mass is 16.5. The average molecular weight is 366 g/mol. The molecule has 5 nitrogen and oxygen atoms in total. The van der Waals surface area contributed by atoms with Crippen molar-refractivity contribution in [2.24, 2.45) is 5.92 Å². The Morgan fingerprint density at radius 2 is 1.59 bits per heavy atom. The largest absolute Gasteiger partial charge is 0.497 e. The monoisotopic (exact) mass is 366 g/mol. The van der Waals surface area contributed by atoms with Gasteiger partial charge in [-0.25, -0.2) is 0 Å². The molecule has 142 valence electrons. The van der Waals surface area contributed by atoms with Crippen LogP contribution in [-0.4, -0.2) is 36.9 Å². The number of amides is 2. The number of likely N-dealkylation sites (tertiary alicyclic amines) is 1. The van der Waals surface area contributed by atoms with Gasteiger partial charge in [-0.05, 0) is 60.7 Å². The highest BCUT2D eigenvalue weighted by molar-refractivity contribution is 5.97. The third kappa shape index (κ3) is 4.88. The lowest BCUT2D eigenvalue weighted by molar-refractivity contribution is 0.0696. The molecule has 2 amide bonds. The standard InChI is InChI=1S/C22H26N2O3/c1-16-11-13-24(14-12-16)22(26)19-7-5-18(6-8-19)21(25)23-15-17-3-9-20(27-2)10-4-17/h3-10,16H,11-15H2,1-2H3,(H,23,25). The molecule has 1 aliphatic heterocycles. The van der Waals surface area contributed by atoms with E-state index in [0.717, 1.165) is 37.2 Å². The van der Waals surface area contributed by atoms with Crippen LogP contribution >= 0.6 is 0 Å². The van der Waals surface area contributed by atoms with Gasteiger partial charge in [0.2, 0.25) is 0 Å². The van der Waals surface area contributed by atoms with Crippen molar-refractivity contribution in [1.29, 1.82) is 0 Å². The third-order valence-electron chi connectivity index (χ3n) is 5.08. The second kappa shape index (κ2) is 8.71. The topological polar surface area (TPSA) is 58.6 Å². The van der Waals surface area contributed by atoms with Gasteiger partial charge in [-0.15, -0.1) is 0 Å². The van der Waals surface area contributed by atoms with E-state index in [2.05, 4.69) is 12.2 Å². The molecule has 0 radical (unpaired) electrons. The SMILES string of the molecule is COc1ccc(CNC(=O)c2ccc(C(=O)N3CCC(C)CC3)cc2)cc1. The first-order chi connectivity index (χ1) is 13.1. The van der Waals surface area contributed by atoms with Gasteiger partial charge in [0.25, 0.3) is 11.8 Å². The lowest BCUT2D eigenvalue weighted by Crippen LogP contribution is -2.37. The van der Waals surface area contributed by atoms with E-state index in [1.165, 1.54) is 0 Å². The summed E-state index contributed by atoms with van der Waals surface area (Å²) in [4.78, 5) is 26.8. The van der Waals surface area contributed by atoms with Crippen LogP contribution in [0.3, 0.4) is 0 Å². The fourth-order valence-electron chi connectivity index (χ4n) is 3.19. The van der Waals surface area contributed by atoms with Crippen molar-refractivity contribution < 1.29 is 14.3 Å². The number of hydrogen-bond acceptors (Lipinski definition) is 3. The van der Waals surface area contributed by atoms with Crippen molar-refractivity contribution in [3.8, 4) is 5.75 Å². The van der Waals surface area contributed by atoms with Gasteiger partial charge < -0.3 is 15.0 Å². The number of methoxy groups -OCH3 is 1. The average Bonchev–Trinajstić information content (AvgIpc) is 2.72. The summed E-state index contributed by atoms with van der Waals surface area (Å²) >= 11 is 0. The van der Waals surface area contributed by atoms with Crippen molar-refractivity contribution >= 4 is 11.8 Å². The molecule has 0 aliphatic carbocycles. The number of carbonyl (C=O) groups is 2. The van der Waals surface area contributed by atoms with Crippen molar-refractivity contribution in [3.05, 3.63) is 65.2 Å². The lowest BCUT2D eigenvalue weighted by atomic mass is 9.98. The van der Waals surface area contributed by atoms with Gasteiger partial charge in [0.1, 0.15) is 5.75 Å². The molecular formula is C22H26N2O3. The number of nitrogens with zero attached hydrogens (tertiary/aromatic N) is 1. The predicted molar refractivity (Wildman–Crippen MR) is 105 cm³/mol. The van der Waals surface area contributed by atoms with Crippen LogP contribution in [0.15, 0.2) is 48.5 Å². The van der Waals surface area contributed by atoms with Gasteiger partial charge in [-0.1, -0.05) is 19.1 Å². The molecule has 1 aliphatic rings. The summed E-state index contributed by atoms with van der Waals surface area (Å²) in [5.41, 5.74) is 2.18. The fraction of sp³-hybridized carbons (Fsp3) is 0.364. The Morgan fingerprint density at radius 3 is 2.19 bits per heavy atom. The number of benzene rings is 2. The minimum atomic E-state index is -0.156. The van der Waals surface area contributed by atoms with Crippen molar-refractivity contribution in [2.75, 3.05) is 20.2 Å². The Bertz CT molecular complexity index is 776. The third-order valence-corrected chi connectivity index (χ3v) is 5.08. The zero-order valence-electron chi connectivity index (χ0n) is 15.9. The molecule has 1 heterocycles. The van der Waals surface area contributed by atoms with Crippen LogP contribution in [0, 0.1) is 5.92 Å². The van der Waals surface area contributed by atoms with E-state index in [1.54, 1.807) is 31.4 Å². The molecule has 1 fully saturated rings. The molecule has 2 aromatic carbocycles. The maximum absolute atomic E-state index is 12.6. The fourth-order valence-corrected chi connectivity index (χ4v) is 3.19. The van der Waals surface area contributed by atoms with Gasteiger partial charge >= 0.3 is 0 Å². The quantitative estimate of drug-likeness (QED) is 0.881. The second-order valence-corrected chi connectivity index (χ2v) is 7.08. The molecule has 0 atom stereocenters. The molecule has 1 saturated heterocycles. The molecule has 3 rings (SSSR count). The summed E-state index contributed by atoms with van der Waals surface area (Å²) in [6.07, 6.45) is 2.11. The summed E-state index contributed by atoms with van der Waals surface area (Å²) in [7, 11) is 1.62. The van der Waals surface area contributed by atoms with E-state index in [9.17, 15) is 9.59 Å². The van der Waals surface area contributed by atoms with E-state index < -0.39 is 0 Å². The highest BCUT2D eigenvalue weighted by Gasteiger charge is 2.21. The van der Waals surface area contributed by atoms with Crippen LogP contribution in [0.5, 0.6) is 5.75 Å². The Morgan fingerprint density at radius 1 is 1.00 bits per heavy atom. The Hall–Kier alpha value is -2.82. The number of rotatable bonds is 5. The van der Waals surface area contributed by atoms with Gasteiger partial charge in [-0.3, -0.25) is 9.59 Å². The molecule has 0 aromatic heterocycles. The molecule has 5 heteroatoms. The molecule has 0 saturated carbocycles.